The third-order valence-corrected chi connectivity index (χ3v) is 4.75. The van der Waals surface area contributed by atoms with Gasteiger partial charge in [-0.2, -0.15) is 0 Å². The number of halogens is 2. The highest BCUT2D eigenvalue weighted by Crippen LogP contribution is 2.23. The topological polar surface area (TPSA) is 85.8 Å². The molecule has 6 nitrogen and oxygen atoms in total. The molecule has 0 unspecified atom stereocenters. The predicted octanol–water partition coefficient (Wildman–Crippen LogP) is 3.49. The summed E-state index contributed by atoms with van der Waals surface area (Å²) in [4.78, 5) is 12.2. The number of nitrogens with two attached hydrogens (primary N) is 1. The van der Waals surface area contributed by atoms with Crippen LogP contribution in [0.2, 0.25) is 5.02 Å². The van der Waals surface area contributed by atoms with Crippen molar-refractivity contribution in [2.24, 2.45) is 0 Å². The molecule has 2 aromatic carbocycles. The van der Waals surface area contributed by atoms with Gasteiger partial charge in [-0.25, -0.2) is 9.07 Å². The molecule has 0 saturated heterocycles. The smallest absolute Gasteiger partial charge is 0.234 e. The van der Waals surface area contributed by atoms with E-state index in [0.29, 0.717) is 27.3 Å². The third kappa shape index (κ3) is 4.14. The van der Waals surface area contributed by atoms with Crippen molar-refractivity contribution >= 4 is 35.0 Å². The van der Waals surface area contributed by atoms with Gasteiger partial charge in [-0.3, -0.25) is 4.79 Å². The number of hydrogen-bond donors (Lipinski definition) is 2. The number of carbonyl (C=O) groups is 1. The summed E-state index contributed by atoms with van der Waals surface area (Å²) >= 11 is 7.09. The van der Waals surface area contributed by atoms with Crippen LogP contribution in [-0.2, 0) is 4.79 Å². The minimum atomic E-state index is -0.348. The van der Waals surface area contributed by atoms with Crippen molar-refractivity contribution in [2.45, 2.75) is 12.1 Å². The first-order chi connectivity index (χ1) is 12.4. The van der Waals surface area contributed by atoms with Gasteiger partial charge in [0.25, 0.3) is 0 Å². The average Bonchev–Trinajstić information content (AvgIpc) is 2.98. The van der Waals surface area contributed by atoms with Crippen molar-refractivity contribution in [1.82, 2.24) is 14.9 Å². The van der Waals surface area contributed by atoms with E-state index in [0.717, 1.165) is 17.3 Å². The molecule has 0 atom stereocenters. The number of anilines is 1. The fourth-order valence-electron chi connectivity index (χ4n) is 2.22. The van der Waals surface area contributed by atoms with Crippen LogP contribution in [0.25, 0.3) is 11.4 Å². The summed E-state index contributed by atoms with van der Waals surface area (Å²) in [6, 6.07) is 11.0. The van der Waals surface area contributed by atoms with Crippen molar-refractivity contribution in [3.8, 4) is 11.4 Å². The Kier molecular flexibility index (Phi) is 5.43. The van der Waals surface area contributed by atoms with Crippen LogP contribution in [0.3, 0.4) is 0 Å². The van der Waals surface area contributed by atoms with Gasteiger partial charge in [0, 0.05) is 16.3 Å². The van der Waals surface area contributed by atoms with Gasteiger partial charge >= 0.3 is 0 Å². The molecular formula is C17H15ClFN5OS. The first-order valence-corrected chi connectivity index (χ1v) is 8.95. The molecule has 0 radical (unpaired) electrons. The van der Waals surface area contributed by atoms with Crippen LogP contribution in [0.5, 0.6) is 0 Å². The molecule has 3 N–H and O–H groups in total. The highest BCUT2D eigenvalue weighted by atomic mass is 35.5. The molecule has 0 fully saturated rings. The van der Waals surface area contributed by atoms with Crippen LogP contribution in [0.15, 0.2) is 47.6 Å². The Bertz CT molecular complexity index is 945. The monoisotopic (exact) mass is 391 g/mol. The number of aryl methyl sites for hydroxylation is 1. The Morgan fingerprint density at radius 2 is 2.00 bits per heavy atom. The number of thioether (sulfide) groups is 1. The minimum Gasteiger partial charge on any atom is -0.335 e. The van der Waals surface area contributed by atoms with E-state index in [1.807, 2.05) is 13.0 Å². The fraction of sp³-hybridized carbons (Fsp3) is 0.118. The predicted molar refractivity (Wildman–Crippen MR) is 101 cm³/mol. The molecule has 0 aliphatic heterocycles. The summed E-state index contributed by atoms with van der Waals surface area (Å²) in [6.45, 7) is 1.88. The molecule has 0 bridgehead atoms. The molecule has 1 amide bonds. The van der Waals surface area contributed by atoms with Crippen LogP contribution in [0.1, 0.15) is 5.56 Å². The number of aromatic nitrogens is 3. The van der Waals surface area contributed by atoms with Gasteiger partial charge in [-0.05, 0) is 48.9 Å². The van der Waals surface area contributed by atoms with Crippen molar-refractivity contribution in [3.05, 3.63) is 58.9 Å². The highest BCUT2D eigenvalue weighted by molar-refractivity contribution is 7.99. The second-order valence-corrected chi connectivity index (χ2v) is 6.86. The Balaban J connectivity index is 1.65. The van der Waals surface area contributed by atoms with E-state index in [9.17, 15) is 9.18 Å². The maximum absolute atomic E-state index is 13.0. The number of nitrogens with one attached hydrogen (secondary N) is 1. The lowest BCUT2D eigenvalue weighted by Crippen LogP contribution is -2.17. The lowest BCUT2D eigenvalue weighted by atomic mass is 10.2. The molecule has 0 saturated carbocycles. The molecule has 0 aliphatic carbocycles. The van der Waals surface area contributed by atoms with Crippen molar-refractivity contribution < 1.29 is 9.18 Å². The molecule has 134 valence electrons. The van der Waals surface area contributed by atoms with E-state index in [-0.39, 0.29) is 17.5 Å². The molecule has 1 aromatic heterocycles. The van der Waals surface area contributed by atoms with Crippen molar-refractivity contribution in [2.75, 3.05) is 16.9 Å². The summed E-state index contributed by atoms with van der Waals surface area (Å²) in [5.74, 6) is 5.91. The number of amides is 1. The lowest BCUT2D eigenvalue weighted by Gasteiger charge is -2.08. The summed E-state index contributed by atoms with van der Waals surface area (Å²) in [5, 5.41) is 11.7. The first kappa shape index (κ1) is 18.2. The average molecular weight is 392 g/mol. The zero-order valence-electron chi connectivity index (χ0n) is 13.7. The Hall–Kier alpha value is -2.58. The third-order valence-electron chi connectivity index (χ3n) is 3.57. The van der Waals surface area contributed by atoms with Crippen LogP contribution in [0, 0.1) is 12.7 Å². The molecule has 3 rings (SSSR count). The second kappa shape index (κ2) is 7.76. The Morgan fingerprint density at radius 3 is 2.73 bits per heavy atom. The maximum atomic E-state index is 13.0. The van der Waals surface area contributed by atoms with Gasteiger partial charge in [-0.15, -0.1) is 10.2 Å². The normalized spacial score (nSPS) is 10.7. The zero-order chi connectivity index (χ0) is 18.7. The van der Waals surface area contributed by atoms with E-state index in [4.69, 9.17) is 17.4 Å². The zero-order valence-corrected chi connectivity index (χ0v) is 15.3. The molecule has 9 heteroatoms. The van der Waals surface area contributed by atoms with Gasteiger partial charge < -0.3 is 11.2 Å². The van der Waals surface area contributed by atoms with Crippen molar-refractivity contribution in [3.63, 3.8) is 0 Å². The van der Waals surface area contributed by atoms with E-state index >= 15 is 0 Å². The van der Waals surface area contributed by atoms with E-state index in [1.54, 1.807) is 24.3 Å². The Labute approximate surface area is 158 Å². The highest BCUT2D eigenvalue weighted by Gasteiger charge is 2.14. The number of carbonyl (C=O) groups excluding carboxylic acids is 1. The number of benzene rings is 2. The molecule has 26 heavy (non-hydrogen) atoms. The number of nitrogen functional groups attached to an aromatic ring is 1. The summed E-state index contributed by atoms with van der Waals surface area (Å²) in [6.07, 6.45) is 0. The Morgan fingerprint density at radius 1 is 1.27 bits per heavy atom. The standard InChI is InChI=1S/C17H15ClFN5OS/c1-10-2-5-12(18)8-14(10)21-15(25)9-26-17-23-22-16(24(17)20)11-3-6-13(19)7-4-11/h2-8H,9,20H2,1H3,(H,21,25). The van der Waals surface area contributed by atoms with Gasteiger partial charge in [0.05, 0.1) is 5.75 Å². The summed E-state index contributed by atoms with van der Waals surface area (Å²) < 4.78 is 14.3. The van der Waals surface area contributed by atoms with E-state index in [1.165, 1.54) is 16.8 Å². The van der Waals surface area contributed by atoms with Crippen molar-refractivity contribution in [1.29, 1.82) is 0 Å². The van der Waals surface area contributed by atoms with Crippen LogP contribution in [0.4, 0.5) is 10.1 Å². The van der Waals surface area contributed by atoms with Gasteiger partial charge in [0.1, 0.15) is 5.82 Å². The quantitative estimate of drug-likeness (QED) is 0.513. The molecule has 3 aromatic rings. The van der Waals surface area contributed by atoms with Gasteiger partial charge in [-0.1, -0.05) is 29.4 Å². The van der Waals surface area contributed by atoms with E-state index < -0.39 is 0 Å². The minimum absolute atomic E-state index is 0.102. The number of hydrogen-bond acceptors (Lipinski definition) is 5. The first-order valence-electron chi connectivity index (χ1n) is 7.59. The lowest BCUT2D eigenvalue weighted by molar-refractivity contribution is -0.113. The van der Waals surface area contributed by atoms with Gasteiger partial charge in [0.2, 0.25) is 11.1 Å². The summed E-state index contributed by atoms with van der Waals surface area (Å²) in [5.41, 5.74) is 2.20. The van der Waals surface area contributed by atoms with E-state index in [2.05, 4.69) is 15.5 Å². The fourth-order valence-corrected chi connectivity index (χ4v) is 3.05. The number of rotatable bonds is 5. The molecular weight excluding hydrogens is 377 g/mol. The number of nitrogens with zero attached hydrogens (tertiary/aromatic N) is 3. The molecule has 1 heterocycles. The van der Waals surface area contributed by atoms with Crippen LogP contribution < -0.4 is 11.2 Å². The largest absolute Gasteiger partial charge is 0.335 e. The van der Waals surface area contributed by atoms with Crippen LogP contribution >= 0.6 is 23.4 Å². The van der Waals surface area contributed by atoms with Gasteiger partial charge in [0.15, 0.2) is 5.82 Å². The molecule has 0 aliphatic rings. The SMILES string of the molecule is Cc1ccc(Cl)cc1NC(=O)CSc1nnc(-c2ccc(F)cc2)n1N. The molecule has 0 spiro atoms. The summed E-state index contributed by atoms with van der Waals surface area (Å²) in [7, 11) is 0. The maximum Gasteiger partial charge on any atom is 0.234 e. The van der Waals surface area contributed by atoms with Crippen LogP contribution in [-0.4, -0.2) is 26.5 Å². The second-order valence-electron chi connectivity index (χ2n) is 5.48.